The van der Waals surface area contributed by atoms with Crippen molar-refractivity contribution in [1.82, 2.24) is 14.9 Å². The zero-order chi connectivity index (χ0) is 17.1. The van der Waals surface area contributed by atoms with Gasteiger partial charge >= 0.3 is 0 Å². The molecular weight excluding hydrogens is 312 g/mol. The van der Waals surface area contributed by atoms with E-state index in [1.807, 2.05) is 30.6 Å². The molecule has 0 aromatic carbocycles. The fourth-order valence-corrected chi connectivity index (χ4v) is 4.25. The van der Waals surface area contributed by atoms with E-state index >= 15 is 0 Å². The third kappa shape index (κ3) is 3.36. The van der Waals surface area contributed by atoms with Crippen LogP contribution in [-0.4, -0.2) is 47.0 Å². The molecule has 0 saturated carbocycles. The number of hydrogen-bond acceptors (Lipinski definition) is 4. The van der Waals surface area contributed by atoms with Gasteiger partial charge < -0.3 is 9.80 Å². The average Bonchev–Trinajstić information content (AvgIpc) is 2.69. The van der Waals surface area contributed by atoms with Crippen molar-refractivity contribution in [2.45, 2.75) is 25.7 Å². The van der Waals surface area contributed by atoms with Gasteiger partial charge in [0.15, 0.2) is 0 Å². The molecule has 2 aromatic rings. The molecule has 130 valence electrons. The van der Waals surface area contributed by atoms with E-state index < -0.39 is 0 Å². The van der Waals surface area contributed by atoms with Gasteiger partial charge in [-0.2, -0.15) is 0 Å². The molecule has 2 aromatic heterocycles. The first-order valence-electron chi connectivity index (χ1n) is 9.10. The maximum atomic E-state index is 12.8. The zero-order valence-corrected chi connectivity index (χ0v) is 14.5. The number of hydrogen-bond donors (Lipinski definition) is 0. The Kier molecular flexibility index (Phi) is 4.38. The molecule has 2 aliphatic rings. The number of carbonyl (C=O) groups excluding carboxylic acids is 1. The molecule has 0 N–H and O–H groups in total. The lowest BCUT2D eigenvalue weighted by Crippen LogP contribution is -2.51. The minimum atomic E-state index is 0.149. The van der Waals surface area contributed by atoms with E-state index in [1.165, 1.54) is 12.1 Å². The highest BCUT2D eigenvalue weighted by molar-refractivity contribution is 5.94. The average molecular weight is 336 g/mol. The highest BCUT2D eigenvalue weighted by Gasteiger charge is 2.39. The van der Waals surface area contributed by atoms with E-state index in [-0.39, 0.29) is 11.3 Å². The molecule has 5 heteroatoms. The summed E-state index contributed by atoms with van der Waals surface area (Å²) in [4.78, 5) is 25.5. The Hall–Kier alpha value is -2.43. The number of aromatic nitrogens is 2. The van der Waals surface area contributed by atoms with E-state index in [4.69, 9.17) is 0 Å². The summed E-state index contributed by atoms with van der Waals surface area (Å²) in [5.74, 6) is 0.149. The molecule has 25 heavy (non-hydrogen) atoms. The number of nitrogens with zero attached hydrogens (tertiary/aromatic N) is 4. The normalized spacial score (nSPS) is 19.8. The second-order valence-electron chi connectivity index (χ2n) is 7.26. The Morgan fingerprint density at radius 3 is 2.48 bits per heavy atom. The highest BCUT2D eigenvalue weighted by atomic mass is 16.2. The van der Waals surface area contributed by atoms with Crippen molar-refractivity contribution in [2.75, 3.05) is 31.1 Å². The quantitative estimate of drug-likeness (QED) is 0.846. The van der Waals surface area contributed by atoms with Gasteiger partial charge in [0.05, 0.1) is 11.9 Å². The van der Waals surface area contributed by atoms with Gasteiger partial charge in [0.2, 0.25) is 0 Å². The first-order valence-corrected chi connectivity index (χ1v) is 9.10. The third-order valence-corrected chi connectivity index (χ3v) is 5.71. The van der Waals surface area contributed by atoms with Gasteiger partial charge in [-0.1, -0.05) is 0 Å². The number of likely N-dealkylation sites (tertiary alicyclic amines) is 1. The first kappa shape index (κ1) is 16.1. The SMILES string of the molecule is O=C(c1ccncc1)N1CCCC2(CCN(c3cccnc3)CC2)C1. The van der Waals surface area contributed by atoms with Crippen molar-refractivity contribution in [1.29, 1.82) is 0 Å². The zero-order valence-electron chi connectivity index (χ0n) is 14.5. The second-order valence-corrected chi connectivity index (χ2v) is 7.26. The second kappa shape index (κ2) is 6.82. The maximum Gasteiger partial charge on any atom is 0.253 e. The molecule has 1 spiro atoms. The molecule has 0 unspecified atom stereocenters. The maximum absolute atomic E-state index is 12.8. The summed E-state index contributed by atoms with van der Waals surface area (Å²) in [5, 5.41) is 0. The number of anilines is 1. The molecule has 1 amide bonds. The van der Waals surface area contributed by atoms with Gasteiger partial charge in [-0.3, -0.25) is 14.8 Å². The van der Waals surface area contributed by atoms with E-state index in [0.29, 0.717) is 0 Å². The molecule has 2 fully saturated rings. The van der Waals surface area contributed by atoms with Crippen molar-refractivity contribution < 1.29 is 4.79 Å². The lowest BCUT2D eigenvalue weighted by molar-refractivity contribution is 0.0434. The molecule has 0 bridgehead atoms. The van der Waals surface area contributed by atoms with Crippen LogP contribution < -0.4 is 4.90 Å². The summed E-state index contributed by atoms with van der Waals surface area (Å²) in [7, 11) is 0. The Bertz CT molecular complexity index is 711. The Balaban J connectivity index is 1.42. The van der Waals surface area contributed by atoms with Crippen LogP contribution in [0.2, 0.25) is 0 Å². The van der Waals surface area contributed by atoms with Crippen LogP contribution >= 0.6 is 0 Å². The van der Waals surface area contributed by atoms with Crippen LogP contribution in [0.4, 0.5) is 5.69 Å². The predicted molar refractivity (Wildman–Crippen MR) is 97.5 cm³/mol. The van der Waals surface area contributed by atoms with Crippen molar-refractivity contribution in [3.05, 3.63) is 54.6 Å². The Morgan fingerprint density at radius 1 is 0.960 bits per heavy atom. The van der Waals surface area contributed by atoms with Crippen LogP contribution in [-0.2, 0) is 0 Å². The molecule has 2 aliphatic heterocycles. The summed E-state index contributed by atoms with van der Waals surface area (Å²) >= 11 is 0. The fourth-order valence-electron chi connectivity index (χ4n) is 4.25. The molecule has 4 rings (SSSR count). The predicted octanol–water partition coefficient (Wildman–Crippen LogP) is 3.00. The summed E-state index contributed by atoms with van der Waals surface area (Å²) in [5.41, 5.74) is 2.23. The van der Waals surface area contributed by atoms with E-state index in [2.05, 4.69) is 25.8 Å². The number of rotatable bonds is 2. The minimum absolute atomic E-state index is 0.149. The highest BCUT2D eigenvalue weighted by Crippen LogP contribution is 2.41. The Morgan fingerprint density at radius 2 is 1.76 bits per heavy atom. The Labute approximate surface area is 148 Å². The lowest BCUT2D eigenvalue weighted by Gasteiger charge is -2.48. The van der Waals surface area contributed by atoms with Crippen LogP contribution in [0.3, 0.4) is 0 Å². The van der Waals surface area contributed by atoms with E-state index in [9.17, 15) is 4.79 Å². The first-order chi connectivity index (χ1) is 12.3. The van der Waals surface area contributed by atoms with Crippen molar-refractivity contribution in [2.24, 2.45) is 5.41 Å². The van der Waals surface area contributed by atoms with Gasteiger partial charge in [-0.05, 0) is 55.4 Å². The largest absolute Gasteiger partial charge is 0.370 e. The molecular formula is C20H24N4O. The summed E-state index contributed by atoms with van der Waals surface area (Å²) in [6.07, 6.45) is 11.8. The third-order valence-electron chi connectivity index (χ3n) is 5.71. The molecule has 4 heterocycles. The number of pyridine rings is 2. The van der Waals surface area contributed by atoms with Gasteiger partial charge in [-0.15, -0.1) is 0 Å². The van der Waals surface area contributed by atoms with Gasteiger partial charge in [-0.25, -0.2) is 0 Å². The van der Waals surface area contributed by atoms with Crippen LogP contribution in [0, 0.1) is 5.41 Å². The van der Waals surface area contributed by atoms with Crippen LogP contribution in [0.15, 0.2) is 49.1 Å². The van der Waals surface area contributed by atoms with Crippen molar-refractivity contribution in [3.63, 3.8) is 0 Å². The molecule has 0 radical (unpaired) electrons. The summed E-state index contributed by atoms with van der Waals surface area (Å²) in [6, 6.07) is 7.75. The standard InChI is InChI=1S/C20H24N4O/c25-19(17-4-10-21-11-5-17)24-12-2-6-20(16-24)7-13-23(14-8-20)18-3-1-9-22-15-18/h1,3-5,9-11,15H,2,6-8,12-14,16H2. The lowest BCUT2D eigenvalue weighted by atomic mass is 9.72. The van der Waals surface area contributed by atoms with Crippen molar-refractivity contribution >= 4 is 11.6 Å². The van der Waals surface area contributed by atoms with Crippen molar-refractivity contribution in [3.8, 4) is 0 Å². The van der Waals surface area contributed by atoms with Gasteiger partial charge in [0.1, 0.15) is 0 Å². The molecule has 0 atom stereocenters. The fraction of sp³-hybridized carbons (Fsp3) is 0.450. The van der Waals surface area contributed by atoms with Crippen LogP contribution in [0.1, 0.15) is 36.0 Å². The van der Waals surface area contributed by atoms with Crippen LogP contribution in [0.25, 0.3) is 0 Å². The van der Waals surface area contributed by atoms with Gasteiger partial charge in [0, 0.05) is 50.3 Å². The van der Waals surface area contributed by atoms with Gasteiger partial charge in [0.25, 0.3) is 5.91 Å². The number of amides is 1. The minimum Gasteiger partial charge on any atom is -0.370 e. The van der Waals surface area contributed by atoms with Crippen LogP contribution in [0.5, 0.6) is 0 Å². The van der Waals surface area contributed by atoms with E-state index in [1.54, 1.807) is 12.4 Å². The monoisotopic (exact) mass is 336 g/mol. The molecule has 2 saturated heterocycles. The summed E-state index contributed by atoms with van der Waals surface area (Å²) in [6.45, 7) is 3.84. The summed E-state index contributed by atoms with van der Waals surface area (Å²) < 4.78 is 0. The van der Waals surface area contributed by atoms with E-state index in [0.717, 1.165) is 51.0 Å². The number of piperidine rings is 2. The number of carbonyl (C=O) groups is 1. The smallest absolute Gasteiger partial charge is 0.253 e. The topological polar surface area (TPSA) is 49.3 Å². The molecule has 0 aliphatic carbocycles. The molecule has 5 nitrogen and oxygen atoms in total.